The molecule has 1 nitrogen and oxygen atoms in total. The molecule has 0 spiro atoms. The van der Waals surface area contributed by atoms with Gasteiger partial charge in [0.25, 0.3) is 0 Å². The lowest BCUT2D eigenvalue weighted by Gasteiger charge is -2.18. The van der Waals surface area contributed by atoms with Gasteiger partial charge < -0.3 is 4.74 Å². The van der Waals surface area contributed by atoms with Crippen molar-refractivity contribution in [1.29, 1.82) is 0 Å². The third-order valence-electron chi connectivity index (χ3n) is 3.52. The molecule has 0 aromatic heterocycles. The summed E-state index contributed by atoms with van der Waals surface area (Å²) >= 11 is 1.87. The highest BCUT2D eigenvalue weighted by atomic mass is 32.2. The minimum Gasteiger partial charge on any atom is -0.497 e. The summed E-state index contributed by atoms with van der Waals surface area (Å²) in [6, 6.07) is 29.5. The van der Waals surface area contributed by atoms with Gasteiger partial charge in [0.2, 0.25) is 0 Å². The molecule has 0 N–H and O–H groups in total. The molecule has 0 aliphatic rings. The van der Waals surface area contributed by atoms with Crippen LogP contribution in [0.2, 0.25) is 0 Å². The molecule has 0 heterocycles. The summed E-state index contributed by atoms with van der Waals surface area (Å²) in [5, 5.41) is 0.273. The third kappa shape index (κ3) is 3.52. The van der Waals surface area contributed by atoms with Gasteiger partial charge in [0.05, 0.1) is 12.4 Å². The second kappa shape index (κ2) is 7.19. The maximum Gasteiger partial charge on any atom is 0.118 e. The Hall–Kier alpha value is -2.19. The van der Waals surface area contributed by atoms with Gasteiger partial charge in [0.1, 0.15) is 5.75 Å². The van der Waals surface area contributed by atoms with Crippen molar-refractivity contribution in [3.05, 3.63) is 96.1 Å². The lowest BCUT2D eigenvalue weighted by molar-refractivity contribution is 0.414. The van der Waals surface area contributed by atoms with Gasteiger partial charge in [0.15, 0.2) is 0 Å². The first kappa shape index (κ1) is 14.7. The Bertz CT molecular complexity index is 693. The second-order valence-corrected chi connectivity index (χ2v) is 6.17. The topological polar surface area (TPSA) is 9.23 Å². The van der Waals surface area contributed by atoms with Gasteiger partial charge in [-0.3, -0.25) is 0 Å². The van der Waals surface area contributed by atoms with Gasteiger partial charge in [-0.25, -0.2) is 0 Å². The number of hydrogen-bond donors (Lipinski definition) is 0. The van der Waals surface area contributed by atoms with Crippen molar-refractivity contribution >= 4 is 11.8 Å². The van der Waals surface area contributed by atoms with E-state index in [4.69, 9.17) is 4.74 Å². The van der Waals surface area contributed by atoms with Crippen molar-refractivity contribution in [2.75, 3.05) is 7.11 Å². The molecule has 0 aliphatic heterocycles. The summed E-state index contributed by atoms with van der Waals surface area (Å²) in [4.78, 5) is 1.27. The Labute approximate surface area is 136 Å². The summed E-state index contributed by atoms with van der Waals surface area (Å²) in [6.45, 7) is 0. The molecule has 3 rings (SSSR count). The lowest BCUT2D eigenvalue weighted by Crippen LogP contribution is -1.97. The molecule has 0 fully saturated rings. The number of benzene rings is 3. The number of ether oxygens (including phenoxy) is 1. The van der Waals surface area contributed by atoms with Gasteiger partial charge >= 0.3 is 0 Å². The molecule has 1 unspecified atom stereocenters. The van der Waals surface area contributed by atoms with E-state index in [1.807, 2.05) is 23.9 Å². The number of hydrogen-bond acceptors (Lipinski definition) is 2. The fraction of sp³-hybridized carbons (Fsp3) is 0.100. The highest BCUT2D eigenvalue weighted by molar-refractivity contribution is 7.99. The summed E-state index contributed by atoms with van der Waals surface area (Å²) in [7, 11) is 1.70. The van der Waals surface area contributed by atoms with Gasteiger partial charge in [-0.1, -0.05) is 60.7 Å². The van der Waals surface area contributed by atoms with E-state index >= 15 is 0 Å². The maximum absolute atomic E-state index is 5.27. The summed E-state index contributed by atoms with van der Waals surface area (Å²) < 4.78 is 5.27. The molecule has 0 bridgehead atoms. The van der Waals surface area contributed by atoms with E-state index in [-0.39, 0.29) is 5.25 Å². The van der Waals surface area contributed by atoms with Crippen LogP contribution in [0.3, 0.4) is 0 Å². The maximum atomic E-state index is 5.27. The molecule has 0 saturated heterocycles. The number of thioether (sulfide) groups is 1. The molecular formula is C20H18OS. The van der Waals surface area contributed by atoms with Crippen LogP contribution in [0.5, 0.6) is 5.75 Å². The highest BCUT2D eigenvalue weighted by Gasteiger charge is 2.15. The van der Waals surface area contributed by atoms with Crippen LogP contribution in [-0.2, 0) is 0 Å². The molecular weight excluding hydrogens is 288 g/mol. The molecule has 0 aliphatic carbocycles. The van der Waals surface area contributed by atoms with Crippen molar-refractivity contribution in [3.63, 3.8) is 0 Å². The molecule has 3 aromatic rings. The van der Waals surface area contributed by atoms with Crippen LogP contribution in [0.15, 0.2) is 89.8 Å². The highest BCUT2D eigenvalue weighted by Crippen LogP contribution is 2.40. The minimum absolute atomic E-state index is 0.273. The number of rotatable bonds is 5. The van der Waals surface area contributed by atoms with E-state index in [0.29, 0.717) is 0 Å². The fourth-order valence-corrected chi connectivity index (χ4v) is 3.54. The molecule has 0 radical (unpaired) electrons. The molecule has 22 heavy (non-hydrogen) atoms. The average molecular weight is 306 g/mol. The minimum atomic E-state index is 0.273. The second-order valence-electron chi connectivity index (χ2n) is 4.99. The monoisotopic (exact) mass is 306 g/mol. The molecule has 0 amide bonds. The van der Waals surface area contributed by atoms with Crippen molar-refractivity contribution in [2.24, 2.45) is 0 Å². The van der Waals surface area contributed by atoms with Gasteiger partial charge in [-0.15, -0.1) is 11.8 Å². The van der Waals surface area contributed by atoms with Crippen molar-refractivity contribution < 1.29 is 4.74 Å². The number of methoxy groups -OCH3 is 1. The van der Waals surface area contributed by atoms with Crippen LogP contribution in [0.1, 0.15) is 16.4 Å². The van der Waals surface area contributed by atoms with E-state index in [9.17, 15) is 0 Å². The Morgan fingerprint density at radius 1 is 0.682 bits per heavy atom. The Morgan fingerprint density at radius 3 is 1.82 bits per heavy atom. The first-order valence-electron chi connectivity index (χ1n) is 7.27. The Morgan fingerprint density at radius 2 is 1.23 bits per heavy atom. The lowest BCUT2D eigenvalue weighted by atomic mass is 10.0. The summed E-state index contributed by atoms with van der Waals surface area (Å²) in [5.74, 6) is 0.889. The normalized spacial score (nSPS) is 11.9. The SMILES string of the molecule is COc1ccc(C(Sc2ccccc2)c2ccccc2)cc1. The van der Waals surface area contributed by atoms with Crippen molar-refractivity contribution in [1.82, 2.24) is 0 Å². The predicted octanol–water partition coefficient (Wildman–Crippen LogP) is 5.58. The quantitative estimate of drug-likeness (QED) is 0.569. The van der Waals surface area contributed by atoms with E-state index in [2.05, 4.69) is 72.8 Å². The average Bonchev–Trinajstić information content (AvgIpc) is 2.61. The zero-order valence-corrected chi connectivity index (χ0v) is 13.3. The van der Waals surface area contributed by atoms with Gasteiger partial charge in [-0.05, 0) is 35.4 Å². The van der Waals surface area contributed by atoms with Crippen LogP contribution in [0, 0.1) is 0 Å². The van der Waals surface area contributed by atoms with E-state index < -0.39 is 0 Å². The zero-order chi connectivity index (χ0) is 15.2. The van der Waals surface area contributed by atoms with Crippen LogP contribution < -0.4 is 4.74 Å². The van der Waals surface area contributed by atoms with E-state index in [0.717, 1.165) is 5.75 Å². The van der Waals surface area contributed by atoms with E-state index in [1.165, 1.54) is 16.0 Å². The van der Waals surface area contributed by atoms with Crippen LogP contribution in [0.4, 0.5) is 0 Å². The standard InChI is InChI=1S/C20H18OS/c1-21-18-14-12-17(13-15-18)20(16-8-4-2-5-9-16)22-19-10-6-3-7-11-19/h2-15,20H,1H3. The molecule has 0 saturated carbocycles. The van der Waals surface area contributed by atoms with Crippen molar-refractivity contribution in [2.45, 2.75) is 10.1 Å². The summed E-state index contributed by atoms with van der Waals surface area (Å²) in [5.41, 5.74) is 2.59. The first-order chi connectivity index (χ1) is 10.9. The first-order valence-corrected chi connectivity index (χ1v) is 8.15. The Balaban J connectivity index is 1.95. The van der Waals surface area contributed by atoms with Gasteiger partial charge in [0, 0.05) is 4.90 Å². The molecule has 1 atom stereocenters. The van der Waals surface area contributed by atoms with Crippen LogP contribution in [-0.4, -0.2) is 7.11 Å². The van der Waals surface area contributed by atoms with Crippen LogP contribution >= 0.6 is 11.8 Å². The largest absolute Gasteiger partial charge is 0.497 e. The Kier molecular flexibility index (Phi) is 4.81. The smallest absolute Gasteiger partial charge is 0.118 e. The summed E-state index contributed by atoms with van der Waals surface area (Å²) in [6.07, 6.45) is 0. The third-order valence-corrected chi connectivity index (χ3v) is 4.84. The van der Waals surface area contributed by atoms with E-state index in [1.54, 1.807) is 7.11 Å². The van der Waals surface area contributed by atoms with Gasteiger partial charge in [-0.2, -0.15) is 0 Å². The molecule has 2 heteroatoms. The molecule has 110 valence electrons. The van der Waals surface area contributed by atoms with Crippen molar-refractivity contribution in [3.8, 4) is 5.75 Å². The molecule has 3 aromatic carbocycles. The fourth-order valence-electron chi connectivity index (χ4n) is 2.37. The zero-order valence-electron chi connectivity index (χ0n) is 12.5. The predicted molar refractivity (Wildman–Crippen MR) is 93.6 cm³/mol. The van der Waals surface area contributed by atoms with Crippen LogP contribution in [0.25, 0.3) is 0 Å².